The summed E-state index contributed by atoms with van der Waals surface area (Å²) in [6, 6.07) is 10.5. The summed E-state index contributed by atoms with van der Waals surface area (Å²) in [6.07, 6.45) is 4.21. The molecule has 0 bridgehead atoms. The number of ether oxygens (including phenoxy) is 2. The van der Waals surface area contributed by atoms with E-state index in [0.717, 1.165) is 49.3 Å². The highest BCUT2D eigenvalue weighted by Gasteiger charge is 2.14. The summed E-state index contributed by atoms with van der Waals surface area (Å²) in [5.41, 5.74) is 3.54. The standard InChI is InChI=1S/C22H31ClN4O2/c1-24-22(27(3)15-20-12-19(23)14-26(20)2)25-13-17-4-6-18(7-5-17)16-29-21-8-10-28-11-9-21/h4-7,12,14,21H,8-11,13,15-16H2,1-3H3,(H,24,25). The highest BCUT2D eigenvalue weighted by Crippen LogP contribution is 2.15. The van der Waals surface area contributed by atoms with Gasteiger partial charge in [-0.2, -0.15) is 0 Å². The van der Waals surface area contributed by atoms with Crippen LogP contribution >= 0.6 is 11.6 Å². The third kappa shape index (κ3) is 6.49. The maximum atomic E-state index is 6.08. The second-order valence-electron chi connectivity index (χ2n) is 7.46. The van der Waals surface area contributed by atoms with Crippen LogP contribution in [0.5, 0.6) is 0 Å². The van der Waals surface area contributed by atoms with Crippen LogP contribution in [0.2, 0.25) is 5.02 Å². The van der Waals surface area contributed by atoms with Gasteiger partial charge in [-0.15, -0.1) is 0 Å². The Morgan fingerprint density at radius 3 is 2.59 bits per heavy atom. The fourth-order valence-electron chi connectivity index (χ4n) is 3.42. The van der Waals surface area contributed by atoms with Crippen LogP contribution in [0.1, 0.15) is 29.7 Å². The molecular weight excluding hydrogens is 388 g/mol. The number of nitrogens with zero attached hydrogens (tertiary/aromatic N) is 3. The van der Waals surface area contributed by atoms with Gasteiger partial charge < -0.3 is 24.3 Å². The minimum Gasteiger partial charge on any atom is -0.381 e. The van der Waals surface area contributed by atoms with E-state index >= 15 is 0 Å². The molecule has 1 fully saturated rings. The summed E-state index contributed by atoms with van der Waals surface area (Å²) in [5, 5.41) is 4.17. The zero-order valence-corrected chi connectivity index (χ0v) is 18.3. The van der Waals surface area contributed by atoms with Crippen molar-refractivity contribution in [1.82, 2.24) is 14.8 Å². The Morgan fingerprint density at radius 1 is 1.28 bits per heavy atom. The normalized spacial score (nSPS) is 15.5. The number of aromatic nitrogens is 1. The van der Waals surface area contributed by atoms with Crippen molar-refractivity contribution in [1.29, 1.82) is 0 Å². The third-order valence-electron chi connectivity index (χ3n) is 5.17. The Labute approximate surface area is 178 Å². The van der Waals surface area contributed by atoms with E-state index in [1.807, 2.05) is 30.9 Å². The first-order valence-electron chi connectivity index (χ1n) is 10.0. The predicted molar refractivity (Wildman–Crippen MR) is 117 cm³/mol. The Morgan fingerprint density at radius 2 is 1.97 bits per heavy atom. The predicted octanol–water partition coefficient (Wildman–Crippen LogP) is 3.58. The third-order valence-corrected chi connectivity index (χ3v) is 5.38. The Kier molecular flexibility index (Phi) is 7.98. The molecule has 0 unspecified atom stereocenters. The molecule has 158 valence electrons. The molecule has 0 saturated carbocycles. The molecule has 6 nitrogen and oxygen atoms in total. The topological polar surface area (TPSA) is 51.0 Å². The van der Waals surface area contributed by atoms with Crippen LogP contribution in [-0.4, -0.2) is 48.8 Å². The monoisotopic (exact) mass is 418 g/mol. The smallest absolute Gasteiger partial charge is 0.194 e. The van der Waals surface area contributed by atoms with Gasteiger partial charge in [-0.05, 0) is 30.0 Å². The highest BCUT2D eigenvalue weighted by atomic mass is 35.5. The molecule has 7 heteroatoms. The first-order valence-corrected chi connectivity index (χ1v) is 10.4. The maximum absolute atomic E-state index is 6.08. The molecule has 2 aromatic rings. The van der Waals surface area contributed by atoms with Crippen molar-refractivity contribution < 1.29 is 9.47 Å². The Balaban J connectivity index is 1.46. The molecule has 0 spiro atoms. The number of guanidine groups is 1. The molecule has 3 rings (SSSR count). The minimum absolute atomic E-state index is 0.322. The lowest BCUT2D eigenvalue weighted by Gasteiger charge is -2.23. The van der Waals surface area contributed by atoms with Crippen LogP contribution in [0.25, 0.3) is 0 Å². The lowest BCUT2D eigenvalue weighted by Crippen LogP contribution is -2.38. The van der Waals surface area contributed by atoms with E-state index < -0.39 is 0 Å². The van der Waals surface area contributed by atoms with E-state index in [1.54, 1.807) is 7.05 Å². The van der Waals surface area contributed by atoms with Gasteiger partial charge in [0.15, 0.2) is 5.96 Å². The molecule has 29 heavy (non-hydrogen) atoms. The molecule has 0 aliphatic carbocycles. The molecule has 0 amide bonds. The number of nitrogens with one attached hydrogen (secondary N) is 1. The molecule has 0 atom stereocenters. The molecule has 1 aromatic carbocycles. The van der Waals surface area contributed by atoms with Gasteiger partial charge in [-0.25, -0.2) is 0 Å². The van der Waals surface area contributed by atoms with Gasteiger partial charge in [0.05, 0.1) is 24.3 Å². The van der Waals surface area contributed by atoms with Gasteiger partial charge >= 0.3 is 0 Å². The summed E-state index contributed by atoms with van der Waals surface area (Å²) in [6.45, 7) is 3.71. The molecule has 1 aliphatic heterocycles. The van der Waals surface area contributed by atoms with E-state index in [-0.39, 0.29) is 0 Å². The number of aliphatic imine (C=N–C) groups is 1. The number of benzene rings is 1. The lowest BCUT2D eigenvalue weighted by atomic mass is 10.1. The van der Waals surface area contributed by atoms with Crippen LogP contribution in [0.4, 0.5) is 0 Å². The van der Waals surface area contributed by atoms with Crippen molar-refractivity contribution in [2.24, 2.45) is 12.0 Å². The van der Waals surface area contributed by atoms with Crippen LogP contribution in [0, 0.1) is 0 Å². The number of hydrogen-bond acceptors (Lipinski definition) is 3. The SMILES string of the molecule is CN=C(NCc1ccc(COC2CCOCC2)cc1)N(C)Cc1cc(Cl)cn1C. The number of halogens is 1. The fourth-order valence-corrected chi connectivity index (χ4v) is 3.69. The zero-order chi connectivity index (χ0) is 20.6. The first-order chi connectivity index (χ1) is 14.0. The van der Waals surface area contributed by atoms with E-state index in [0.29, 0.717) is 19.3 Å². The second-order valence-corrected chi connectivity index (χ2v) is 7.89. The van der Waals surface area contributed by atoms with E-state index in [9.17, 15) is 0 Å². The maximum Gasteiger partial charge on any atom is 0.194 e. The molecule has 1 aromatic heterocycles. The minimum atomic E-state index is 0.322. The van der Waals surface area contributed by atoms with Gasteiger partial charge in [0.25, 0.3) is 0 Å². The number of rotatable bonds is 7. The van der Waals surface area contributed by atoms with Gasteiger partial charge in [0, 0.05) is 52.8 Å². The lowest BCUT2D eigenvalue weighted by molar-refractivity contribution is -0.0390. The quantitative estimate of drug-likeness (QED) is 0.551. The summed E-state index contributed by atoms with van der Waals surface area (Å²) in [5.74, 6) is 0.842. The van der Waals surface area contributed by atoms with E-state index in [1.165, 1.54) is 11.1 Å². The van der Waals surface area contributed by atoms with Crippen LogP contribution in [0.3, 0.4) is 0 Å². The zero-order valence-electron chi connectivity index (χ0n) is 17.5. The van der Waals surface area contributed by atoms with Crippen molar-refractivity contribution in [2.45, 2.75) is 38.6 Å². The van der Waals surface area contributed by atoms with Crippen molar-refractivity contribution in [2.75, 3.05) is 27.3 Å². The van der Waals surface area contributed by atoms with Gasteiger partial charge in [-0.1, -0.05) is 35.9 Å². The average molecular weight is 419 g/mol. The van der Waals surface area contributed by atoms with Crippen molar-refractivity contribution in [3.8, 4) is 0 Å². The summed E-state index contributed by atoms with van der Waals surface area (Å²) in [4.78, 5) is 6.48. The Hall–Kier alpha value is -2.02. The van der Waals surface area contributed by atoms with Gasteiger partial charge in [0.2, 0.25) is 0 Å². The van der Waals surface area contributed by atoms with Gasteiger partial charge in [-0.3, -0.25) is 4.99 Å². The second kappa shape index (κ2) is 10.7. The largest absolute Gasteiger partial charge is 0.381 e. The number of aryl methyl sites for hydroxylation is 1. The number of hydrogen-bond donors (Lipinski definition) is 1. The molecule has 0 radical (unpaired) electrons. The van der Waals surface area contributed by atoms with E-state index in [2.05, 4.69) is 39.5 Å². The average Bonchev–Trinajstić information content (AvgIpc) is 3.05. The van der Waals surface area contributed by atoms with Crippen LogP contribution < -0.4 is 5.32 Å². The van der Waals surface area contributed by atoms with Crippen molar-refractivity contribution in [3.63, 3.8) is 0 Å². The van der Waals surface area contributed by atoms with E-state index in [4.69, 9.17) is 21.1 Å². The van der Waals surface area contributed by atoms with Gasteiger partial charge in [0.1, 0.15) is 0 Å². The summed E-state index contributed by atoms with van der Waals surface area (Å²) >= 11 is 6.08. The first kappa shape index (κ1) is 21.7. The highest BCUT2D eigenvalue weighted by molar-refractivity contribution is 6.30. The summed E-state index contributed by atoms with van der Waals surface area (Å²) in [7, 11) is 5.82. The van der Waals surface area contributed by atoms with Crippen LogP contribution in [-0.2, 0) is 36.2 Å². The fraction of sp³-hybridized carbons (Fsp3) is 0.500. The molecule has 2 heterocycles. The Bertz CT molecular complexity index is 798. The molecule has 1 saturated heterocycles. The molecule has 1 N–H and O–H groups in total. The molecule has 1 aliphatic rings. The van der Waals surface area contributed by atoms with Crippen molar-refractivity contribution in [3.05, 3.63) is 58.4 Å². The molecular formula is C22H31ClN4O2. The van der Waals surface area contributed by atoms with Crippen molar-refractivity contribution >= 4 is 17.6 Å². The van der Waals surface area contributed by atoms with Crippen LogP contribution in [0.15, 0.2) is 41.5 Å². The summed E-state index contributed by atoms with van der Waals surface area (Å²) < 4.78 is 13.4.